The Hall–Kier alpha value is -3.33. The minimum absolute atomic E-state index is 0.172. The number of rotatable bonds is 3. The summed E-state index contributed by atoms with van der Waals surface area (Å²) in [6.07, 6.45) is 0.564. The fourth-order valence-electron chi connectivity index (χ4n) is 3.92. The van der Waals surface area contributed by atoms with Crippen molar-refractivity contribution in [1.82, 2.24) is 4.90 Å². The Bertz CT molecular complexity index is 990. The molecule has 0 aliphatic carbocycles. The monoisotopic (exact) mass is 376 g/mol. The topological polar surface area (TPSA) is 79.6 Å². The van der Waals surface area contributed by atoms with Crippen molar-refractivity contribution in [3.63, 3.8) is 0 Å². The van der Waals surface area contributed by atoms with Crippen molar-refractivity contribution >= 4 is 11.9 Å². The molecule has 0 aromatic heterocycles. The molecule has 1 spiro atoms. The Balaban J connectivity index is 1.51. The van der Waals surface area contributed by atoms with E-state index in [4.69, 9.17) is 14.7 Å². The van der Waals surface area contributed by atoms with Gasteiger partial charge in [-0.2, -0.15) is 5.26 Å². The van der Waals surface area contributed by atoms with Crippen LogP contribution in [0.2, 0.25) is 0 Å². The van der Waals surface area contributed by atoms with Gasteiger partial charge in [-0.15, -0.1) is 0 Å². The molecule has 1 amide bonds. The lowest BCUT2D eigenvalue weighted by Crippen LogP contribution is -2.49. The molecular weight excluding hydrogens is 356 g/mol. The number of ether oxygens (including phenoxy) is 2. The molecule has 2 aliphatic heterocycles. The van der Waals surface area contributed by atoms with Gasteiger partial charge in [-0.25, -0.2) is 4.79 Å². The predicted octanol–water partition coefficient (Wildman–Crippen LogP) is 3.01. The second-order valence-electron chi connectivity index (χ2n) is 7.65. The van der Waals surface area contributed by atoms with Gasteiger partial charge in [-0.1, -0.05) is 18.2 Å². The number of fused-ring (bicyclic) bond motifs is 2. The number of likely N-dealkylation sites (tertiary alicyclic amines) is 1. The van der Waals surface area contributed by atoms with Gasteiger partial charge in [0.05, 0.1) is 23.7 Å². The molecule has 6 nitrogen and oxygen atoms in total. The molecule has 2 aromatic carbocycles. The van der Waals surface area contributed by atoms with Crippen LogP contribution in [0.5, 0.6) is 5.75 Å². The maximum Gasteiger partial charge on any atom is 0.339 e. The van der Waals surface area contributed by atoms with E-state index in [1.807, 2.05) is 18.2 Å². The van der Waals surface area contributed by atoms with Gasteiger partial charge in [0, 0.05) is 18.5 Å². The van der Waals surface area contributed by atoms with Crippen LogP contribution in [0.25, 0.3) is 0 Å². The number of esters is 1. The van der Waals surface area contributed by atoms with E-state index in [9.17, 15) is 9.59 Å². The molecule has 0 saturated carbocycles. The van der Waals surface area contributed by atoms with Crippen LogP contribution in [-0.4, -0.2) is 35.5 Å². The summed E-state index contributed by atoms with van der Waals surface area (Å²) in [6, 6.07) is 16.0. The third kappa shape index (κ3) is 2.89. The summed E-state index contributed by atoms with van der Waals surface area (Å²) in [4.78, 5) is 27.0. The summed E-state index contributed by atoms with van der Waals surface area (Å²) in [6.45, 7) is 4.23. The highest BCUT2D eigenvalue weighted by Crippen LogP contribution is 2.43. The van der Waals surface area contributed by atoms with Gasteiger partial charge in [-0.05, 0) is 44.2 Å². The smallest absolute Gasteiger partial charge is 0.339 e. The van der Waals surface area contributed by atoms with Gasteiger partial charge in [0.15, 0.2) is 11.2 Å². The van der Waals surface area contributed by atoms with Crippen molar-refractivity contribution < 1.29 is 19.1 Å². The molecule has 4 rings (SSSR count). The molecule has 2 aromatic rings. The van der Waals surface area contributed by atoms with Gasteiger partial charge in [0.1, 0.15) is 5.75 Å². The van der Waals surface area contributed by atoms with Crippen molar-refractivity contribution in [2.24, 2.45) is 0 Å². The molecule has 0 bridgehead atoms. The van der Waals surface area contributed by atoms with E-state index in [0.29, 0.717) is 36.4 Å². The fourth-order valence-corrected chi connectivity index (χ4v) is 3.92. The summed E-state index contributed by atoms with van der Waals surface area (Å²) in [5.74, 6) is 0.0102. The molecular formula is C22H20N2O4. The predicted molar refractivity (Wildman–Crippen MR) is 101 cm³/mol. The summed E-state index contributed by atoms with van der Waals surface area (Å²) >= 11 is 0. The second-order valence-corrected chi connectivity index (χ2v) is 7.65. The quantitative estimate of drug-likeness (QED) is 0.770. The summed E-state index contributed by atoms with van der Waals surface area (Å²) < 4.78 is 11.6. The first kappa shape index (κ1) is 18.1. The number of hydrogen-bond acceptors (Lipinski definition) is 5. The standard InChI is InChI=1S/C22H20N2O4/c1-21(2,27-16-9-7-15(13-23)8-10-16)20(26)24-12-11-22(14-24)18-6-4-3-5-17(18)19(25)28-22/h3-10H,11-12,14H2,1-2H3. The van der Waals surface area contributed by atoms with E-state index < -0.39 is 11.2 Å². The van der Waals surface area contributed by atoms with Crippen LogP contribution in [0.15, 0.2) is 48.5 Å². The van der Waals surface area contributed by atoms with Crippen LogP contribution in [-0.2, 0) is 15.1 Å². The van der Waals surface area contributed by atoms with Gasteiger partial charge < -0.3 is 14.4 Å². The average molecular weight is 376 g/mol. The Labute approximate surface area is 163 Å². The van der Waals surface area contributed by atoms with Crippen LogP contribution in [0.4, 0.5) is 0 Å². The highest BCUT2D eigenvalue weighted by atomic mass is 16.6. The van der Waals surface area contributed by atoms with Crippen LogP contribution in [0.3, 0.4) is 0 Å². The van der Waals surface area contributed by atoms with Gasteiger partial charge in [0.2, 0.25) is 0 Å². The van der Waals surface area contributed by atoms with Gasteiger partial charge in [-0.3, -0.25) is 4.79 Å². The highest BCUT2D eigenvalue weighted by molar-refractivity contribution is 5.95. The van der Waals surface area contributed by atoms with Crippen LogP contribution in [0, 0.1) is 11.3 Å². The van der Waals surface area contributed by atoms with E-state index in [0.717, 1.165) is 5.56 Å². The molecule has 1 atom stereocenters. The minimum Gasteiger partial charge on any atom is -0.478 e. The first-order chi connectivity index (χ1) is 13.3. The van der Waals surface area contributed by atoms with Crippen LogP contribution >= 0.6 is 0 Å². The molecule has 2 heterocycles. The van der Waals surface area contributed by atoms with Gasteiger partial charge >= 0.3 is 5.97 Å². The molecule has 142 valence electrons. The van der Waals surface area contributed by atoms with Crippen molar-refractivity contribution in [2.45, 2.75) is 31.5 Å². The molecule has 0 radical (unpaired) electrons. The number of hydrogen-bond donors (Lipinski definition) is 0. The lowest BCUT2D eigenvalue weighted by atomic mass is 9.91. The number of carbonyl (C=O) groups is 2. The zero-order valence-corrected chi connectivity index (χ0v) is 15.8. The Morgan fingerprint density at radius 3 is 2.64 bits per heavy atom. The summed E-state index contributed by atoms with van der Waals surface area (Å²) in [5, 5.41) is 8.89. The number of carbonyl (C=O) groups excluding carboxylic acids is 2. The third-order valence-electron chi connectivity index (χ3n) is 5.32. The van der Waals surface area contributed by atoms with Crippen molar-refractivity contribution in [1.29, 1.82) is 5.26 Å². The Morgan fingerprint density at radius 2 is 1.93 bits per heavy atom. The molecule has 2 aliphatic rings. The van der Waals surface area contributed by atoms with Crippen molar-refractivity contribution in [3.8, 4) is 11.8 Å². The SMILES string of the molecule is CC(C)(Oc1ccc(C#N)cc1)C(=O)N1CCC2(C1)OC(=O)c1ccccc12. The van der Waals surface area contributed by atoms with Crippen molar-refractivity contribution in [3.05, 3.63) is 65.2 Å². The van der Waals surface area contributed by atoms with Crippen molar-refractivity contribution in [2.75, 3.05) is 13.1 Å². The molecule has 1 saturated heterocycles. The maximum atomic E-state index is 13.1. The number of amides is 1. The normalized spacial score (nSPS) is 20.6. The van der Waals surface area contributed by atoms with E-state index in [-0.39, 0.29) is 11.9 Å². The first-order valence-electron chi connectivity index (χ1n) is 9.16. The van der Waals surface area contributed by atoms with Crippen LogP contribution < -0.4 is 4.74 Å². The molecule has 6 heteroatoms. The molecule has 0 N–H and O–H groups in total. The van der Waals surface area contributed by atoms with E-state index in [1.54, 1.807) is 49.1 Å². The summed E-state index contributed by atoms with van der Waals surface area (Å²) in [5.41, 5.74) is 0.0843. The lowest BCUT2D eigenvalue weighted by molar-refractivity contribution is -0.145. The average Bonchev–Trinajstić information content (AvgIpc) is 3.24. The number of nitriles is 1. The first-order valence-corrected chi connectivity index (χ1v) is 9.16. The highest BCUT2D eigenvalue weighted by Gasteiger charge is 2.52. The van der Waals surface area contributed by atoms with E-state index in [1.165, 1.54) is 0 Å². The zero-order chi connectivity index (χ0) is 19.9. The van der Waals surface area contributed by atoms with Crippen LogP contribution in [0.1, 0.15) is 41.8 Å². The third-order valence-corrected chi connectivity index (χ3v) is 5.32. The Morgan fingerprint density at radius 1 is 1.21 bits per heavy atom. The number of benzene rings is 2. The summed E-state index contributed by atoms with van der Waals surface area (Å²) in [7, 11) is 0. The second kappa shape index (κ2) is 6.38. The molecule has 1 fully saturated rings. The zero-order valence-electron chi connectivity index (χ0n) is 15.8. The molecule has 1 unspecified atom stereocenters. The lowest BCUT2D eigenvalue weighted by Gasteiger charge is -2.31. The largest absolute Gasteiger partial charge is 0.478 e. The van der Waals surface area contributed by atoms with E-state index >= 15 is 0 Å². The fraction of sp³-hybridized carbons (Fsp3) is 0.318. The Kier molecular flexibility index (Phi) is 4.11. The molecule has 28 heavy (non-hydrogen) atoms. The number of nitrogens with zero attached hydrogens (tertiary/aromatic N) is 2. The minimum atomic E-state index is -1.10. The maximum absolute atomic E-state index is 13.1. The van der Waals surface area contributed by atoms with E-state index in [2.05, 4.69) is 6.07 Å². The van der Waals surface area contributed by atoms with Gasteiger partial charge in [0.25, 0.3) is 5.91 Å².